The van der Waals surface area contributed by atoms with E-state index in [1.807, 2.05) is 24.3 Å². The molecule has 2 rings (SSSR count). The maximum atomic E-state index is 12.9. The van der Waals surface area contributed by atoms with Gasteiger partial charge in [0.2, 0.25) is 11.8 Å². The van der Waals surface area contributed by atoms with Crippen molar-refractivity contribution in [2.45, 2.75) is 52.1 Å². The van der Waals surface area contributed by atoms with Crippen molar-refractivity contribution in [2.75, 3.05) is 13.1 Å². The second kappa shape index (κ2) is 8.41. The van der Waals surface area contributed by atoms with Crippen LogP contribution in [0, 0.1) is 0 Å². The highest BCUT2D eigenvalue weighted by molar-refractivity contribution is 6.09. The van der Waals surface area contributed by atoms with Gasteiger partial charge in [0.1, 0.15) is 18.1 Å². The number of likely N-dealkylation sites (N-methyl/N-ethyl adjacent to an activating group) is 1. The largest absolute Gasteiger partial charge is 0.355 e. The van der Waals surface area contributed by atoms with Crippen molar-refractivity contribution in [3.63, 3.8) is 0 Å². The first-order valence-electron chi connectivity index (χ1n) is 9.41. The lowest BCUT2D eigenvalue weighted by Gasteiger charge is -2.23. The first-order chi connectivity index (χ1) is 13.1. The van der Waals surface area contributed by atoms with Gasteiger partial charge in [-0.2, -0.15) is 0 Å². The minimum absolute atomic E-state index is 0.330. The molecular weight excluding hydrogens is 360 g/mol. The SMILES string of the molecule is CCNC(=O)[C@@H](C)NC(=O)CN1C(=O)N[C@](C)(c2ccc(C(C)C)cc2)C1=O. The van der Waals surface area contributed by atoms with Gasteiger partial charge in [-0.3, -0.25) is 19.3 Å². The molecule has 0 bridgehead atoms. The number of hydrogen-bond donors (Lipinski definition) is 3. The predicted molar refractivity (Wildman–Crippen MR) is 104 cm³/mol. The first kappa shape index (κ1) is 21.4. The smallest absolute Gasteiger partial charge is 0.325 e. The third-order valence-corrected chi connectivity index (χ3v) is 4.85. The summed E-state index contributed by atoms with van der Waals surface area (Å²) in [5.41, 5.74) is 0.534. The summed E-state index contributed by atoms with van der Waals surface area (Å²) in [4.78, 5) is 50.0. The number of urea groups is 1. The monoisotopic (exact) mass is 388 g/mol. The lowest BCUT2D eigenvalue weighted by atomic mass is 9.90. The molecule has 5 amide bonds. The van der Waals surface area contributed by atoms with Gasteiger partial charge >= 0.3 is 6.03 Å². The maximum Gasteiger partial charge on any atom is 0.325 e. The number of nitrogens with one attached hydrogen (secondary N) is 3. The minimum atomic E-state index is -1.24. The fourth-order valence-electron chi connectivity index (χ4n) is 3.06. The van der Waals surface area contributed by atoms with Gasteiger partial charge in [0.15, 0.2) is 0 Å². The summed E-state index contributed by atoms with van der Waals surface area (Å²) >= 11 is 0. The number of benzene rings is 1. The van der Waals surface area contributed by atoms with E-state index < -0.39 is 36.0 Å². The Morgan fingerprint density at radius 1 is 1.14 bits per heavy atom. The maximum absolute atomic E-state index is 12.9. The number of imide groups is 1. The molecular formula is C20H28N4O4. The van der Waals surface area contributed by atoms with Gasteiger partial charge in [0.25, 0.3) is 5.91 Å². The summed E-state index contributed by atoms with van der Waals surface area (Å²) in [6.07, 6.45) is 0. The third-order valence-electron chi connectivity index (χ3n) is 4.85. The number of amides is 5. The molecule has 152 valence electrons. The van der Waals surface area contributed by atoms with Gasteiger partial charge in [-0.25, -0.2) is 4.79 Å². The topological polar surface area (TPSA) is 108 Å². The van der Waals surface area contributed by atoms with Crippen LogP contribution in [0.4, 0.5) is 4.79 Å². The first-order valence-corrected chi connectivity index (χ1v) is 9.41. The Morgan fingerprint density at radius 2 is 1.75 bits per heavy atom. The molecule has 0 radical (unpaired) electrons. The fourth-order valence-corrected chi connectivity index (χ4v) is 3.06. The van der Waals surface area contributed by atoms with Crippen molar-refractivity contribution in [2.24, 2.45) is 0 Å². The number of carbonyl (C=O) groups is 4. The van der Waals surface area contributed by atoms with E-state index in [0.29, 0.717) is 18.0 Å². The van der Waals surface area contributed by atoms with E-state index in [4.69, 9.17) is 0 Å². The van der Waals surface area contributed by atoms with Crippen molar-refractivity contribution in [3.05, 3.63) is 35.4 Å². The van der Waals surface area contributed by atoms with Crippen LogP contribution in [0.2, 0.25) is 0 Å². The van der Waals surface area contributed by atoms with E-state index in [1.165, 1.54) is 6.92 Å². The highest BCUT2D eigenvalue weighted by atomic mass is 16.2. The summed E-state index contributed by atoms with van der Waals surface area (Å²) in [6, 6.07) is 6.08. The Balaban J connectivity index is 2.10. The Labute approximate surface area is 165 Å². The molecule has 1 saturated heterocycles. The second-order valence-corrected chi connectivity index (χ2v) is 7.41. The molecule has 1 aromatic rings. The van der Waals surface area contributed by atoms with Crippen LogP contribution in [-0.4, -0.2) is 47.8 Å². The molecule has 8 nitrogen and oxygen atoms in total. The quantitative estimate of drug-likeness (QED) is 0.610. The number of carbonyl (C=O) groups excluding carboxylic acids is 4. The zero-order valence-electron chi connectivity index (χ0n) is 17.0. The molecule has 1 aromatic carbocycles. The van der Waals surface area contributed by atoms with Crippen LogP contribution in [0.15, 0.2) is 24.3 Å². The summed E-state index contributed by atoms with van der Waals surface area (Å²) in [6.45, 7) is 9.06. The lowest BCUT2D eigenvalue weighted by molar-refractivity contribution is -0.135. The third kappa shape index (κ3) is 4.32. The minimum Gasteiger partial charge on any atom is -0.355 e. The van der Waals surface area contributed by atoms with Crippen molar-refractivity contribution in [3.8, 4) is 0 Å². The van der Waals surface area contributed by atoms with E-state index in [2.05, 4.69) is 29.8 Å². The van der Waals surface area contributed by atoms with Gasteiger partial charge in [-0.05, 0) is 37.8 Å². The van der Waals surface area contributed by atoms with Crippen molar-refractivity contribution in [1.29, 1.82) is 0 Å². The van der Waals surface area contributed by atoms with Crippen LogP contribution < -0.4 is 16.0 Å². The standard InChI is InChI=1S/C20H28N4O4/c1-6-21-17(26)13(4)22-16(25)11-24-18(27)20(5,23-19(24)28)15-9-7-14(8-10-15)12(2)3/h7-10,12-13H,6,11H2,1-5H3,(H,21,26)(H,22,25)(H,23,28)/t13-,20-/m1/s1. The molecule has 0 saturated carbocycles. The van der Waals surface area contributed by atoms with E-state index in [9.17, 15) is 19.2 Å². The fraction of sp³-hybridized carbons (Fsp3) is 0.500. The lowest BCUT2D eigenvalue weighted by Crippen LogP contribution is -2.49. The van der Waals surface area contributed by atoms with Crippen LogP contribution in [0.25, 0.3) is 0 Å². The Hall–Kier alpha value is -2.90. The zero-order chi connectivity index (χ0) is 21.1. The van der Waals surface area contributed by atoms with Crippen LogP contribution >= 0.6 is 0 Å². The molecule has 0 spiro atoms. The molecule has 28 heavy (non-hydrogen) atoms. The summed E-state index contributed by atoms with van der Waals surface area (Å²) in [5.74, 6) is -1.07. The Morgan fingerprint density at radius 3 is 2.29 bits per heavy atom. The number of hydrogen-bond acceptors (Lipinski definition) is 4. The zero-order valence-corrected chi connectivity index (χ0v) is 17.0. The highest BCUT2D eigenvalue weighted by Gasteiger charge is 2.49. The van der Waals surface area contributed by atoms with Crippen molar-refractivity contribution >= 4 is 23.8 Å². The molecule has 0 aromatic heterocycles. The predicted octanol–water partition coefficient (Wildman–Crippen LogP) is 1.22. The van der Waals surface area contributed by atoms with Gasteiger partial charge < -0.3 is 16.0 Å². The van der Waals surface area contributed by atoms with Crippen LogP contribution in [-0.2, 0) is 19.9 Å². The molecule has 1 heterocycles. The molecule has 0 unspecified atom stereocenters. The molecule has 8 heteroatoms. The molecule has 3 N–H and O–H groups in total. The summed E-state index contributed by atoms with van der Waals surface area (Å²) in [7, 11) is 0. The van der Waals surface area contributed by atoms with Crippen LogP contribution in [0.3, 0.4) is 0 Å². The molecule has 1 aliphatic heterocycles. The number of nitrogens with zero attached hydrogens (tertiary/aromatic N) is 1. The van der Waals surface area contributed by atoms with Crippen LogP contribution in [0.5, 0.6) is 0 Å². The van der Waals surface area contributed by atoms with Gasteiger partial charge in [-0.1, -0.05) is 38.1 Å². The summed E-state index contributed by atoms with van der Waals surface area (Å²) in [5, 5.41) is 7.76. The Bertz CT molecular complexity index is 775. The van der Waals surface area contributed by atoms with E-state index >= 15 is 0 Å². The molecule has 1 aliphatic rings. The summed E-state index contributed by atoms with van der Waals surface area (Å²) < 4.78 is 0. The molecule has 1 fully saturated rings. The number of rotatable bonds is 7. The van der Waals surface area contributed by atoms with E-state index in [1.54, 1.807) is 13.8 Å². The van der Waals surface area contributed by atoms with Crippen molar-refractivity contribution < 1.29 is 19.2 Å². The van der Waals surface area contributed by atoms with Crippen molar-refractivity contribution in [1.82, 2.24) is 20.9 Å². The Kier molecular flexibility index (Phi) is 6.43. The van der Waals surface area contributed by atoms with E-state index in [0.717, 1.165) is 10.5 Å². The van der Waals surface area contributed by atoms with Gasteiger partial charge in [-0.15, -0.1) is 0 Å². The normalized spacial score (nSPS) is 20.1. The highest BCUT2D eigenvalue weighted by Crippen LogP contribution is 2.29. The van der Waals surface area contributed by atoms with Gasteiger partial charge in [0, 0.05) is 6.54 Å². The van der Waals surface area contributed by atoms with Gasteiger partial charge in [0.05, 0.1) is 0 Å². The second-order valence-electron chi connectivity index (χ2n) is 7.41. The van der Waals surface area contributed by atoms with Crippen LogP contribution in [0.1, 0.15) is 51.7 Å². The average Bonchev–Trinajstić information content (AvgIpc) is 2.86. The van der Waals surface area contributed by atoms with E-state index in [-0.39, 0.29) is 5.91 Å². The molecule has 0 aliphatic carbocycles. The average molecular weight is 388 g/mol. The molecule has 2 atom stereocenters.